The Kier molecular flexibility index (Phi) is 8.13. The minimum absolute atomic E-state index is 0.0197. The first-order chi connectivity index (χ1) is 10.8. The second kappa shape index (κ2) is 9.58. The van der Waals surface area contributed by atoms with Gasteiger partial charge in [-0.05, 0) is 19.3 Å². The number of guanidine groups is 1. The van der Waals surface area contributed by atoms with E-state index >= 15 is 0 Å². The number of rotatable bonds is 8. The molecular formula is C18H34N4O. The molecule has 132 valence electrons. The van der Waals surface area contributed by atoms with Gasteiger partial charge in [0.2, 0.25) is 5.89 Å². The van der Waals surface area contributed by atoms with Gasteiger partial charge in [-0.25, -0.2) is 9.98 Å². The van der Waals surface area contributed by atoms with Gasteiger partial charge in [0.1, 0.15) is 12.3 Å². The van der Waals surface area contributed by atoms with Gasteiger partial charge in [-0.3, -0.25) is 0 Å². The van der Waals surface area contributed by atoms with Crippen molar-refractivity contribution in [3.63, 3.8) is 0 Å². The molecule has 0 saturated heterocycles. The van der Waals surface area contributed by atoms with Crippen molar-refractivity contribution in [3.05, 3.63) is 17.8 Å². The molecular weight excluding hydrogens is 288 g/mol. The summed E-state index contributed by atoms with van der Waals surface area (Å²) in [5, 5.41) is 6.63. The number of unbranched alkanes of at least 4 members (excludes halogenated alkanes) is 1. The lowest BCUT2D eigenvalue weighted by molar-refractivity contribution is 0.383. The summed E-state index contributed by atoms with van der Waals surface area (Å²) in [6.07, 6.45) is 5.49. The van der Waals surface area contributed by atoms with Crippen molar-refractivity contribution >= 4 is 5.96 Å². The Morgan fingerprint density at radius 2 is 2.00 bits per heavy atom. The standard InChI is InChI=1S/C18H34N4O/c1-7-19-17(20-11-9-8-10-14(2)3)22-13-16-21-12-15(23-16)18(4,5)6/h12,14H,7-11,13H2,1-6H3,(H2,19,20,22). The van der Waals surface area contributed by atoms with Crippen LogP contribution in [-0.4, -0.2) is 24.0 Å². The fourth-order valence-corrected chi connectivity index (χ4v) is 2.10. The summed E-state index contributed by atoms with van der Waals surface area (Å²) in [5.74, 6) is 3.16. The predicted molar refractivity (Wildman–Crippen MR) is 96.7 cm³/mol. The normalized spacial score (nSPS) is 12.7. The van der Waals surface area contributed by atoms with E-state index in [-0.39, 0.29) is 5.41 Å². The monoisotopic (exact) mass is 322 g/mol. The molecule has 0 fully saturated rings. The topological polar surface area (TPSA) is 62.5 Å². The molecule has 5 nitrogen and oxygen atoms in total. The maximum absolute atomic E-state index is 5.77. The molecule has 0 aliphatic rings. The van der Waals surface area contributed by atoms with E-state index in [1.807, 2.05) is 0 Å². The Balaban J connectivity index is 2.46. The van der Waals surface area contributed by atoms with E-state index in [1.165, 1.54) is 12.8 Å². The molecule has 0 radical (unpaired) electrons. The molecule has 1 aromatic rings. The van der Waals surface area contributed by atoms with E-state index in [1.54, 1.807) is 6.20 Å². The maximum Gasteiger partial charge on any atom is 0.216 e. The van der Waals surface area contributed by atoms with Gasteiger partial charge in [0.15, 0.2) is 5.96 Å². The summed E-state index contributed by atoms with van der Waals surface area (Å²) in [6, 6.07) is 0. The summed E-state index contributed by atoms with van der Waals surface area (Å²) >= 11 is 0. The summed E-state index contributed by atoms with van der Waals surface area (Å²) in [7, 11) is 0. The smallest absolute Gasteiger partial charge is 0.216 e. The van der Waals surface area contributed by atoms with Crippen LogP contribution in [0.3, 0.4) is 0 Å². The molecule has 23 heavy (non-hydrogen) atoms. The van der Waals surface area contributed by atoms with Crippen molar-refractivity contribution in [1.29, 1.82) is 0 Å². The van der Waals surface area contributed by atoms with Crippen LogP contribution >= 0.6 is 0 Å². The number of hydrogen-bond acceptors (Lipinski definition) is 3. The van der Waals surface area contributed by atoms with Crippen molar-refractivity contribution < 1.29 is 4.42 Å². The highest BCUT2D eigenvalue weighted by atomic mass is 16.4. The largest absolute Gasteiger partial charge is 0.443 e. The molecule has 0 spiro atoms. The predicted octanol–water partition coefficient (Wildman–Crippen LogP) is 3.85. The van der Waals surface area contributed by atoms with Crippen LogP contribution in [0.15, 0.2) is 15.6 Å². The van der Waals surface area contributed by atoms with Gasteiger partial charge in [-0.15, -0.1) is 0 Å². The lowest BCUT2D eigenvalue weighted by Crippen LogP contribution is -2.37. The molecule has 1 heterocycles. The molecule has 0 aromatic carbocycles. The lowest BCUT2D eigenvalue weighted by Gasteiger charge is -2.13. The Morgan fingerprint density at radius 1 is 1.26 bits per heavy atom. The average Bonchev–Trinajstić information content (AvgIpc) is 2.93. The fourth-order valence-electron chi connectivity index (χ4n) is 2.10. The number of aliphatic imine (C=N–C) groups is 1. The zero-order valence-corrected chi connectivity index (χ0v) is 15.7. The highest BCUT2D eigenvalue weighted by Crippen LogP contribution is 2.22. The minimum Gasteiger partial charge on any atom is -0.443 e. The van der Waals surface area contributed by atoms with E-state index in [0.717, 1.165) is 37.1 Å². The molecule has 0 aliphatic heterocycles. The average molecular weight is 322 g/mol. The van der Waals surface area contributed by atoms with Gasteiger partial charge in [-0.2, -0.15) is 0 Å². The van der Waals surface area contributed by atoms with Crippen LogP contribution in [0.2, 0.25) is 0 Å². The third kappa shape index (κ3) is 8.05. The van der Waals surface area contributed by atoms with Gasteiger partial charge < -0.3 is 15.1 Å². The van der Waals surface area contributed by atoms with E-state index in [4.69, 9.17) is 4.42 Å². The number of aromatic nitrogens is 1. The number of hydrogen-bond donors (Lipinski definition) is 2. The van der Waals surface area contributed by atoms with Crippen LogP contribution < -0.4 is 10.6 Å². The fraction of sp³-hybridized carbons (Fsp3) is 0.778. The van der Waals surface area contributed by atoms with Gasteiger partial charge in [0, 0.05) is 18.5 Å². The first-order valence-electron chi connectivity index (χ1n) is 8.80. The van der Waals surface area contributed by atoms with Crippen molar-refractivity contribution in [1.82, 2.24) is 15.6 Å². The molecule has 0 amide bonds. The molecule has 0 saturated carbocycles. The molecule has 1 rings (SSSR count). The first kappa shape index (κ1) is 19.5. The Labute approximate surface area is 141 Å². The van der Waals surface area contributed by atoms with Crippen LogP contribution in [0, 0.1) is 5.92 Å². The van der Waals surface area contributed by atoms with Gasteiger partial charge >= 0.3 is 0 Å². The quantitative estimate of drug-likeness (QED) is 0.433. The van der Waals surface area contributed by atoms with Crippen LogP contribution in [-0.2, 0) is 12.0 Å². The second-order valence-corrected chi connectivity index (χ2v) is 7.38. The van der Waals surface area contributed by atoms with Crippen LogP contribution in [0.25, 0.3) is 0 Å². The van der Waals surface area contributed by atoms with Crippen LogP contribution in [0.5, 0.6) is 0 Å². The van der Waals surface area contributed by atoms with Crippen molar-refractivity contribution in [2.24, 2.45) is 10.9 Å². The molecule has 0 aliphatic carbocycles. The minimum atomic E-state index is -0.0197. The van der Waals surface area contributed by atoms with Gasteiger partial charge in [0.25, 0.3) is 0 Å². The lowest BCUT2D eigenvalue weighted by atomic mass is 9.94. The molecule has 0 bridgehead atoms. The van der Waals surface area contributed by atoms with E-state index in [9.17, 15) is 0 Å². The van der Waals surface area contributed by atoms with Gasteiger partial charge in [0.05, 0.1) is 6.20 Å². The van der Waals surface area contributed by atoms with Crippen LogP contribution in [0.4, 0.5) is 0 Å². The third-order valence-corrected chi connectivity index (χ3v) is 3.51. The van der Waals surface area contributed by atoms with Crippen molar-refractivity contribution in [2.75, 3.05) is 13.1 Å². The number of oxazole rings is 1. The first-order valence-corrected chi connectivity index (χ1v) is 8.80. The highest BCUT2D eigenvalue weighted by molar-refractivity contribution is 5.79. The molecule has 0 unspecified atom stereocenters. The Morgan fingerprint density at radius 3 is 2.57 bits per heavy atom. The molecule has 5 heteroatoms. The van der Waals surface area contributed by atoms with Gasteiger partial charge in [-0.1, -0.05) is 47.5 Å². The zero-order chi connectivity index (χ0) is 17.3. The highest BCUT2D eigenvalue weighted by Gasteiger charge is 2.18. The van der Waals surface area contributed by atoms with Crippen molar-refractivity contribution in [2.45, 2.75) is 72.8 Å². The summed E-state index contributed by atoms with van der Waals surface area (Å²) in [6.45, 7) is 15.2. The zero-order valence-electron chi connectivity index (χ0n) is 15.7. The Hall–Kier alpha value is -1.52. The van der Waals surface area contributed by atoms with E-state index in [0.29, 0.717) is 12.4 Å². The van der Waals surface area contributed by atoms with E-state index < -0.39 is 0 Å². The second-order valence-electron chi connectivity index (χ2n) is 7.38. The van der Waals surface area contributed by atoms with Crippen molar-refractivity contribution in [3.8, 4) is 0 Å². The molecule has 2 N–H and O–H groups in total. The molecule has 1 aromatic heterocycles. The van der Waals surface area contributed by atoms with Crippen LogP contribution in [0.1, 0.15) is 72.5 Å². The summed E-state index contributed by atoms with van der Waals surface area (Å²) < 4.78 is 5.77. The maximum atomic E-state index is 5.77. The SMILES string of the molecule is CCNC(=NCc1ncc(C(C)(C)C)o1)NCCCCC(C)C. The summed E-state index contributed by atoms with van der Waals surface area (Å²) in [5.41, 5.74) is -0.0197. The Bertz CT molecular complexity index is 472. The third-order valence-electron chi connectivity index (χ3n) is 3.51. The number of nitrogens with zero attached hydrogens (tertiary/aromatic N) is 2. The summed E-state index contributed by atoms with van der Waals surface area (Å²) in [4.78, 5) is 8.86. The molecule has 0 atom stereocenters. The number of nitrogens with one attached hydrogen (secondary N) is 2. The van der Waals surface area contributed by atoms with E-state index in [2.05, 4.69) is 62.2 Å².